The third kappa shape index (κ3) is 2.47. The first-order valence-electron chi connectivity index (χ1n) is 4.06. The maximum Gasteiger partial charge on any atom is 0.290 e. The highest BCUT2D eigenvalue weighted by atomic mass is 16.5. The zero-order valence-electron chi connectivity index (χ0n) is 7.66. The van der Waals surface area contributed by atoms with Gasteiger partial charge in [0.25, 0.3) is 11.8 Å². The van der Waals surface area contributed by atoms with Gasteiger partial charge in [0.1, 0.15) is 0 Å². The molecule has 0 aromatic carbocycles. The molecule has 1 rings (SSSR count). The van der Waals surface area contributed by atoms with Gasteiger partial charge < -0.3 is 14.6 Å². The average molecular weight is 184 g/mol. The van der Waals surface area contributed by atoms with E-state index in [1.807, 2.05) is 6.92 Å². The molecule has 0 radical (unpaired) electrons. The van der Waals surface area contributed by atoms with Gasteiger partial charge in [0, 0.05) is 6.54 Å². The number of carbonyl (C=O) groups excluding carboxylic acids is 1. The Bertz CT molecular complexity index is 283. The van der Waals surface area contributed by atoms with Crippen molar-refractivity contribution >= 4 is 5.91 Å². The Kier molecular flexibility index (Phi) is 3.31. The number of aromatic nitrogens is 1. The van der Waals surface area contributed by atoms with Crippen LogP contribution in [-0.4, -0.2) is 24.7 Å². The van der Waals surface area contributed by atoms with Crippen LogP contribution in [0.3, 0.4) is 0 Å². The molecule has 5 nitrogen and oxygen atoms in total. The summed E-state index contributed by atoms with van der Waals surface area (Å²) in [5.41, 5.74) is 0. The maximum atomic E-state index is 11.2. The number of nitrogens with zero attached hydrogens (tertiary/aromatic N) is 1. The molecular weight excluding hydrogens is 172 g/mol. The van der Waals surface area contributed by atoms with Gasteiger partial charge in [-0.25, -0.2) is 0 Å². The van der Waals surface area contributed by atoms with Crippen LogP contribution >= 0.6 is 0 Å². The summed E-state index contributed by atoms with van der Waals surface area (Å²) in [7, 11) is 1.46. The number of hydrogen-bond donors (Lipinski definition) is 1. The zero-order chi connectivity index (χ0) is 9.68. The number of carbonyl (C=O) groups is 1. The predicted octanol–water partition coefficient (Wildman–Crippen LogP) is 0.823. The van der Waals surface area contributed by atoms with E-state index in [1.165, 1.54) is 13.2 Å². The van der Waals surface area contributed by atoms with Crippen LogP contribution in [0.4, 0.5) is 0 Å². The number of hydrogen-bond acceptors (Lipinski definition) is 4. The van der Waals surface area contributed by atoms with E-state index in [2.05, 4.69) is 10.5 Å². The SMILES string of the molecule is CCCNC(=O)c1cc(OC)no1. The van der Waals surface area contributed by atoms with Gasteiger partial charge in [-0.3, -0.25) is 4.79 Å². The van der Waals surface area contributed by atoms with Gasteiger partial charge in [0.05, 0.1) is 13.2 Å². The smallest absolute Gasteiger partial charge is 0.290 e. The summed E-state index contributed by atoms with van der Waals surface area (Å²) in [4.78, 5) is 11.2. The van der Waals surface area contributed by atoms with Crippen LogP contribution in [0, 0.1) is 0 Å². The lowest BCUT2D eigenvalue weighted by Gasteiger charge is -1.97. The van der Waals surface area contributed by atoms with Crippen molar-refractivity contribution in [3.8, 4) is 5.88 Å². The van der Waals surface area contributed by atoms with E-state index >= 15 is 0 Å². The fourth-order valence-electron chi connectivity index (χ4n) is 0.788. The standard InChI is InChI=1S/C8H12N2O3/c1-3-4-9-8(11)6-5-7(12-2)10-13-6/h5H,3-4H2,1-2H3,(H,9,11). The quantitative estimate of drug-likeness (QED) is 0.752. The molecule has 1 aromatic rings. The van der Waals surface area contributed by atoms with Crippen LogP contribution in [0.15, 0.2) is 10.6 Å². The number of methoxy groups -OCH3 is 1. The van der Waals surface area contributed by atoms with E-state index in [4.69, 9.17) is 9.26 Å². The minimum atomic E-state index is -0.266. The summed E-state index contributed by atoms with van der Waals surface area (Å²) in [6.07, 6.45) is 0.886. The van der Waals surface area contributed by atoms with Crippen molar-refractivity contribution in [1.29, 1.82) is 0 Å². The predicted molar refractivity (Wildman–Crippen MR) is 45.7 cm³/mol. The minimum absolute atomic E-state index is 0.172. The van der Waals surface area contributed by atoms with Crippen molar-refractivity contribution in [3.05, 3.63) is 11.8 Å². The van der Waals surface area contributed by atoms with Gasteiger partial charge in [0.2, 0.25) is 5.76 Å². The third-order valence-corrected chi connectivity index (χ3v) is 1.46. The third-order valence-electron chi connectivity index (χ3n) is 1.46. The van der Waals surface area contributed by atoms with E-state index in [-0.39, 0.29) is 11.7 Å². The summed E-state index contributed by atoms with van der Waals surface area (Å²) >= 11 is 0. The van der Waals surface area contributed by atoms with Crippen molar-refractivity contribution in [2.24, 2.45) is 0 Å². The molecule has 0 aliphatic rings. The Balaban J connectivity index is 2.55. The molecule has 0 saturated heterocycles. The Hall–Kier alpha value is -1.52. The lowest BCUT2D eigenvalue weighted by atomic mass is 10.4. The molecule has 0 saturated carbocycles. The summed E-state index contributed by atoms with van der Waals surface area (Å²) < 4.78 is 9.49. The molecular formula is C8H12N2O3. The van der Waals surface area contributed by atoms with E-state index in [0.717, 1.165) is 6.42 Å². The number of ether oxygens (including phenoxy) is 1. The summed E-state index contributed by atoms with van der Waals surface area (Å²) in [5, 5.41) is 6.16. The lowest BCUT2D eigenvalue weighted by Crippen LogP contribution is -2.23. The van der Waals surface area contributed by atoms with Crippen molar-refractivity contribution in [2.45, 2.75) is 13.3 Å². The Morgan fingerprint density at radius 1 is 1.77 bits per heavy atom. The summed E-state index contributed by atoms with van der Waals surface area (Å²) in [6.45, 7) is 2.60. The molecule has 0 fully saturated rings. The second-order valence-corrected chi connectivity index (χ2v) is 2.49. The van der Waals surface area contributed by atoms with Gasteiger partial charge in [-0.05, 0) is 11.6 Å². The topological polar surface area (TPSA) is 64.4 Å². The van der Waals surface area contributed by atoms with Crippen LogP contribution in [0.1, 0.15) is 23.9 Å². The largest absolute Gasteiger partial charge is 0.479 e. The minimum Gasteiger partial charge on any atom is -0.479 e. The highest BCUT2D eigenvalue weighted by molar-refractivity contribution is 5.91. The van der Waals surface area contributed by atoms with Gasteiger partial charge in [0.15, 0.2) is 0 Å². The first-order chi connectivity index (χ1) is 6.27. The van der Waals surface area contributed by atoms with E-state index in [9.17, 15) is 4.79 Å². The highest BCUT2D eigenvalue weighted by Crippen LogP contribution is 2.09. The Morgan fingerprint density at radius 2 is 2.54 bits per heavy atom. The molecule has 0 spiro atoms. The van der Waals surface area contributed by atoms with Crippen molar-refractivity contribution in [3.63, 3.8) is 0 Å². The summed E-state index contributed by atoms with van der Waals surface area (Å²) in [6, 6.07) is 1.45. The van der Waals surface area contributed by atoms with Crippen LogP contribution in [0.25, 0.3) is 0 Å². The van der Waals surface area contributed by atoms with Crippen LogP contribution in [-0.2, 0) is 0 Å². The molecule has 72 valence electrons. The molecule has 1 heterocycles. The van der Waals surface area contributed by atoms with Crippen molar-refractivity contribution in [1.82, 2.24) is 10.5 Å². The first kappa shape index (κ1) is 9.57. The number of nitrogens with one attached hydrogen (secondary N) is 1. The second-order valence-electron chi connectivity index (χ2n) is 2.49. The normalized spacial score (nSPS) is 9.69. The van der Waals surface area contributed by atoms with E-state index < -0.39 is 0 Å². The van der Waals surface area contributed by atoms with E-state index in [1.54, 1.807) is 0 Å². The number of amides is 1. The molecule has 13 heavy (non-hydrogen) atoms. The molecule has 0 bridgehead atoms. The summed E-state index contributed by atoms with van der Waals surface area (Å²) in [5.74, 6) is 0.213. The van der Waals surface area contributed by atoms with Crippen molar-refractivity contribution < 1.29 is 14.1 Å². The molecule has 1 N–H and O–H groups in total. The molecule has 0 aliphatic heterocycles. The number of rotatable bonds is 4. The monoisotopic (exact) mass is 184 g/mol. The van der Waals surface area contributed by atoms with Gasteiger partial charge in [-0.15, -0.1) is 0 Å². The first-order valence-corrected chi connectivity index (χ1v) is 4.06. The van der Waals surface area contributed by atoms with Crippen molar-refractivity contribution in [2.75, 3.05) is 13.7 Å². The molecule has 0 aliphatic carbocycles. The maximum absolute atomic E-state index is 11.2. The average Bonchev–Trinajstić information content (AvgIpc) is 2.62. The highest BCUT2D eigenvalue weighted by Gasteiger charge is 2.11. The van der Waals surface area contributed by atoms with Gasteiger partial charge in [-0.2, -0.15) is 0 Å². The fraction of sp³-hybridized carbons (Fsp3) is 0.500. The van der Waals surface area contributed by atoms with Gasteiger partial charge >= 0.3 is 0 Å². The molecule has 1 aromatic heterocycles. The lowest BCUT2D eigenvalue weighted by molar-refractivity contribution is 0.0916. The van der Waals surface area contributed by atoms with E-state index in [0.29, 0.717) is 12.4 Å². The van der Waals surface area contributed by atoms with Gasteiger partial charge in [-0.1, -0.05) is 6.92 Å². The molecule has 0 atom stereocenters. The second kappa shape index (κ2) is 4.49. The fourth-order valence-corrected chi connectivity index (χ4v) is 0.788. The Labute approximate surface area is 76.0 Å². The molecule has 5 heteroatoms. The Morgan fingerprint density at radius 3 is 3.08 bits per heavy atom. The zero-order valence-corrected chi connectivity index (χ0v) is 7.66. The van der Waals surface area contributed by atoms with Crippen LogP contribution < -0.4 is 10.1 Å². The van der Waals surface area contributed by atoms with Crippen LogP contribution in [0.2, 0.25) is 0 Å². The molecule has 0 unspecified atom stereocenters. The molecule has 1 amide bonds. The van der Waals surface area contributed by atoms with Crippen LogP contribution in [0.5, 0.6) is 5.88 Å².